The largest absolute Gasteiger partial charge is 0.497 e. The van der Waals surface area contributed by atoms with Crippen LogP contribution in [0.15, 0.2) is 24.3 Å². The number of nitrogens with zero attached hydrogens (tertiary/aromatic N) is 1. The van der Waals surface area contributed by atoms with Crippen molar-refractivity contribution in [1.82, 2.24) is 10.2 Å². The van der Waals surface area contributed by atoms with Crippen molar-refractivity contribution in [1.29, 1.82) is 0 Å². The van der Waals surface area contributed by atoms with Gasteiger partial charge in [-0.1, -0.05) is 13.8 Å². The normalized spacial score (nSPS) is 17.5. The molecule has 1 aromatic rings. The number of benzene rings is 1. The molecule has 0 radical (unpaired) electrons. The third-order valence-corrected chi connectivity index (χ3v) is 3.76. The Balaban J connectivity index is 1.71. The van der Waals surface area contributed by atoms with Crippen molar-refractivity contribution < 1.29 is 23.8 Å². The van der Waals surface area contributed by atoms with Crippen LogP contribution in [0.1, 0.15) is 13.8 Å². The second-order valence-corrected chi connectivity index (χ2v) is 6.39. The third kappa shape index (κ3) is 6.26. The zero-order chi connectivity index (χ0) is 18.2. The lowest BCUT2D eigenvalue weighted by Gasteiger charge is -2.33. The number of carbonyl (C=O) groups is 2. The molecular weight excluding hydrogens is 324 g/mol. The van der Waals surface area contributed by atoms with Gasteiger partial charge in [-0.15, -0.1) is 0 Å². The molecule has 138 valence electrons. The van der Waals surface area contributed by atoms with Gasteiger partial charge in [0.1, 0.15) is 18.1 Å². The standard InChI is InChI=1S/C18H26N2O5/c1-13(2)9-20-10-16(25-12-18(20)22)8-19-17(21)11-24-15-6-4-14(23-3)5-7-15/h4-7,13,16H,8-12H2,1-3H3,(H,19,21). The summed E-state index contributed by atoms with van der Waals surface area (Å²) in [5.74, 6) is 1.49. The van der Waals surface area contributed by atoms with Crippen LogP contribution in [0, 0.1) is 5.92 Å². The number of ether oxygens (including phenoxy) is 3. The maximum atomic E-state index is 11.9. The smallest absolute Gasteiger partial charge is 0.258 e. The molecule has 0 aliphatic carbocycles. The second kappa shape index (κ2) is 9.27. The predicted molar refractivity (Wildman–Crippen MR) is 92.7 cm³/mol. The molecule has 1 aliphatic rings. The minimum absolute atomic E-state index is 0.000819. The molecular formula is C18H26N2O5. The fraction of sp³-hybridized carbons (Fsp3) is 0.556. The van der Waals surface area contributed by atoms with E-state index in [0.717, 1.165) is 5.75 Å². The predicted octanol–water partition coefficient (Wildman–Crippen LogP) is 1.07. The van der Waals surface area contributed by atoms with E-state index >= 15 is 0 Å². The van der Waals surface area contributed by atoms with Crippen LogP contribution in [0.3, 0.4) is 0 Å². The van der Waals surface area contributed by atoms with Gasteiger partial charge in [-0.25, -0.2) is 0 Å². The maximum Gasteiger partial charge on any atom is 0.258 e. The van der Waals surface area contributed by atoms with Gasteiger partial charge in [0.05, 0.1) is 13.2 Å². The minimum atomic E-state index is -0.230. The number of rotatable bonds is 8. The molecule has 0 bridgehead atoms. The number of morpholine rings is 1. The average Bonchev–Trinajstić information content (AvgIpc) is 2.60. The van der Waals surface area contributed by atoms with Crippen LogP contribution in [0.25, 0.3) is 0 Å². The number of amides is 2. The Hall–Kier alpha value is -2.28. The highest BCUT2D eigenvalue weighted by Gasteiger charge is 2.26. The van der Waals surface area contributed by atoms with Crippen LogP contribution in [-0.2, 0) is 14.3 Å². The van der Waals surface area contributed by atoms with Crippen molar-refractivity contribution in [2.45, 2.75) is 20.0 Å². The van der Waals surface area contributed by atoms with E-state index in [1.54, 1.807) is 36.3 Å². The first-order valence-electron chi connectivity index (χ1n) is 8.41. The lowest BCUT2D eigenvalue weighted by atomic mass is 10.1. The van der Waals surface area contributed by atoms with Crippen molar-refractivity contribution in [2.24, 2.45) is 5.92 Å². The van der Waals surface area contributed by atoms with Gasteiger partial charge >= 0.3 is 0 Å². The molecule has 7 heteroatoms. The molecule has 1 aromatic carbocycles. The molecule has 0 aromatic heterocycles. The summed E-state index contributed by atoms with van der Waals surface area (Å²) in [6.07, 6.45) is -0.193. The molecule has 2 amide bonds. The Morgan fingerprint density at radius 1 is 1.32 bits per heavy atom. The molecule has 1 heterocycles. The monoisotopic (exact) mass is 350 g/mol. The van der Waals surface area contributed by atoms with Crippen molar-refractivity contribution in [3.63, 3.8) is 0 Å². The molecule has 1 saturated heterocycles. The van der Waals surface area contributed by atoms with E-state index in [4.69, 9.17) is 14.2 Å². The average molecular weight is 350 g/mol. The van der Waals surface area contributed by atoms with Gasteiger partial charge in [0.25, 0.3) is 5.91 Å². The topological polar surface area (TPSA) is 77.1 Å². The summed E-state index contributed by atoms with van der Waals surface area (Å²) < 4.78 is 16.0. The summed E-state index contributed by atoms with van der Waals surface area (Å²) in [5, 5.41) is 2.78. The van der Waals surface area contributed by atoms with Crippen LogP contribution in [0.5, 0.6) is 11.5 Å². The Bertz CT molecular complexity index is 573. The Labute approximate surface area is 148 Å². The van der Waals surface area contributed by atoms with Crippen LogP contribution in [0.2, 0.25) is 0 Å². The van der Waals surface area contributed by atoms with E-state index in [-0.39, 0.29) is 31.1 Å². The summed E-state index contributed by atoms with van der Waals surface area (Å²) in [6.45, 7) is 5.67. The Kier molecular flexibility index (Phi) is 7.06. The van der Waals surface area contributed by atoms with Crippen molar-refractivity contribution in [2.75, 3.05) is 40.0 Å². The molecule has 2 rings (SSSR count). The van der Waals surface area contributed by atoms with Gasteiger partial charge in [-0.3, -0.25) is 9.59 Å². The summed E-state index contributed by atoms with van der Waals surface area (Å²) in [6, 6.07) is 7.02. The molecule has 0 spiro atoms. The summed E-state index contributed by atoms with van der Waals surface area (Å²) in [5.41, 5.74) is 0. The van der Waals surface area contributed by atoms with Gasteiger partial charge in [-0.2, -0.15) is 0 Å². The Morgan fingerprint density at radius 3 is 2.64 bits per heavy atom. The van der Waals surface area contributed by atoms with E-state index in [9.17, 15) is 9.59 Å². The van der Waals surface area contributed by atoms with Gasteiger partial charge in [-0.05, 0) is 30.2 Å². The number of hydrogen-bond acceptors (Lipinski definition) is 5. The van der Waals surface area contributed by atoms with E-state index in [0.29, 0.717) is 31.3 Å². The van der Waals surface area contributed by atoms with Gasteiger partial charge in [0.2, 0.25) is 5.91 Å². The summed E-state index contributed by atoms with van der Waals surface area (Å²) in [4.78, 5) is 25.5. The molecule has 1 N–H and O–H groups in total. The lowest BCUT2D eigenvalue weighted by molar-refractivity contribution is -0.149. The molecule has 25 heavy (non-hydrogen) atoms. The zero-order valence-corrected chi connectivity index (χ0v) is 15.0. The van der Waals surface area contributed by atoms with Crippen LogP contribution < -0.4 is 14.8 Å². The highest BCUT2D eigenvalue weighted by atomic mass is 16.5. The van der Waals surface area contributed by atoms with Crippen LogP contribution in [-0.4, -0.2) is 62.8 Å². The fourth-order valence-corrected chi connectivity index (χ4v) is 2.52. The van der Waals surface area contributed by atoms with Crippen LogP contribution in [0.4, 0.5) is 0 Å². The molecule has 1 aliphatic heterocycles. The van der Waals surface area contributed by atoms with Gasteiger partial charge in [0.15, 0.2) is 6.61 Å². The first-order chi connectivity index (χ1) is 12.0. The highest BCUT2D eigenvalue weighted by Crippen LogP contribution is 2.16. The fourth-order valence-electron chi connectivity index (χ4n) is 2.52. The second-order valence-electron chi connectivity index (χ2n) is 6.39. The third-order valence-electron chi connectivity index (χ3n) is 3.76. The van der Waals surface area contributed by atoms with Crippen molar-refractivity contribution in [3.8, 4) is 11.5 Å². The van der Waals surface area contributed by atoms with Gasteiger partial charge < -0.3 is 24.4 Å². The van der Waals surface area contributed by atoms with E-state index in [1.807, 2.05) is 0 Å². The lowest BCUT2D eigenvalue weighted by Crippen LogP contribution is -2.51. The summed E-state index contributed by atoms with van der Waals surface area (Å²) in [7, 11) is 1.59. The molecule has 0 saturated carbocycles. The number of carbonyl (C=O) groups excluding carboxylic acids is 2. The first kappa shape index (κ1) is 19.1. The Morgan fingerprint density at radius 2 is 2.00 bits per heavy atom. The van der Waals surface area contributed by atoms with E-state index < -0.39 is 0 Å². The molecule has 1 atom stereocenters. The molecule has 1 unspecified atom stereocenters. The minimum Gasteiger partial charge on any atom is -0.497 e. The van der Waals surface area contributed by atoms with Gasteiger partial charge in [0, 0.05) is 19.6 Å². The number of hydrogen-bond donors (Lipinski definition) is 1. The molecule has 7 nitrogen and oxygen atoms in total. The van der Waals surface area contributed by atoms with Crippen LogP contribution >= 0.6 is 0 Å². The highest BCUT2D eigenvalue weighted by molar-refractivity contribution is 5.78. The first-order valence-corrected chi connectivity index (χ1v) is 8.41. The van der Waals surface area contributed by atoms with E-state index in [1.165, 1.54) is 0 Å². The number of methoxy groups -OCH3 is 1. The zero-order valence-electron chi connectivity index (χ0n) is 15.0. The number of nitrogens with one attached hydrogen (secondary N) is 1. The quantitative estimate of drug-likeness (QED) is 0.759. The van der Waals surface area contributed by atoms with Crippen molar-refractivity contribution in [3.05, 3.63) is 24.3 Å². The SMILES string of the molecule is COc1ccc(OCC(=O)NCC2CN(CC(C)C)C(=O)CO2)cc1. The van der Waals surface area contributed by atoms with Crippen molar-refractivity contribution >= 4 is 11.8 Å². The van der Waals surface area contributed by atoms with E-state index in [2.05, 4.69) is 19.2 Å². The summed E-state index contributed by atoms with van der Waals surface area (Å²) >= 11 is 0. The molecule has 1 fully saturated rings. The maximum absolute atomic E-state index is 11.9.